The lowest BCUT2D eigenvalue weighted by Crippen LogP contribution is -2.27. The van der Waals surface area contributed by atoms with Crippen molar-refractivity contribution in [2.75, 3.05) is 25.4 Å². The van der Waals surface area contributed by atoms with Crippen LogP contribution in [-0.4, -0.2) is 50.0 Å². The molecule has 0 N–H and O–H groups in total. The lowest BCUT2D eigenvalue weighted by molar-refractivity contribution is 0.299. The van der Waals surface area contributed by atoms with Gasteiger partial charge in [0.05, 0.1) is 15.6 Å². The Morgan fingerprint density at radius 2 is 2.03 bits per heavy atom. The highest BCUT2D eigenvalue weighted by Crippen LogP contribution is 2.59. The third-order valence-electron chi connectivity index (χ3n) is 6.43. The maximum absolute atomic E-state index is 4.52. The van der Waals surface area contributed by atoms with Crippen molar-refractivity contribution in [2.45, 2.75) is 37.3 Å². The van der Waals surface area contributed by atoms with Crippen molar-refractivity contribution in [3.05, 3.63) is 45.0 Å². The molecule has 0 spiro atoms. The van der Waals surface area contributed by atoms with E-state index >= 15 is 0 Å². The lowest BCUT2D eigenvalue weighted by Gasteiger charge is -2.21. The second-order valence-corrected chi connectivity index (χ2v) is 11.7. The Bertz CT molecular complexity index is 1060. The van der Waals surface area contributed by atoms with E-state index in [2.05, 4.69) is 71.9 Å². The monoisotopic (exact) mass is 503 g/mol. The zero-order chi connectivity index (χ0) is 20.9. The number of halogens is 1. The fourth-order valence-electron chi connectivity index (χ4n) is 4.81. The van der Waals surface area contributed by atoms with E-state index in [1.807, 2.05) is 25.6 Å². The van der Waals surface area contributed by atoms with Gasteiger partial charge in [-0.3, -0.25) is 0 Å². The van der Waals surface area contributed by atoms with Crippen LogP contribution in [0, 0.1) is 19.8 Å². The van der Waals surface area contributed by atoms with Gasteiger partial charge < -0.3 is 9.47 Å². The van der Waals surface area contributed by atoms with E-state index < -0.39 is 0 Å². The molecule has 1 aliphatic heterocycles. The van der Waals surface area contributed by atoms with Crippen LogP contribution in [0.1, 0.15) is 29.1 Å². The molecule has 30 heavy (non-hydrogen) atoms. The summed E-state index contributed by atoms with van der Waals surface area (Å²) >= 11 is 7.06. The van der Waals surface area contributed by atoms with Gasteiger partial charge in [-0.1, -0.05) is 39.8 Å². The van der Waals surface area contributed by atoms with Gasteiger partial charge in [0.25, 0.3) is 0 Å². The highest BCUT2D eigenvalue weighted by molar-refractivity contribution is 9.10. The molecule has 0 bridgehead atoms. The molecular weight excluding hydrogens is 478 g/mol. The molecule has 0 amide bonds. The summed E-state index contributed by atoms with van der Waals surface area (Å²) in [5.74, 6) is 2.84. The predicted molar refractivity (Wildman–Crippen MR) is 127 cm³/mol. The van der Waals surface area contributed by atoms with Gasteiger partial charge in [-0.25, -0.2) is 4.98 Å². The number of hydrogen-bond donors (Lipinski definition) is 0. The van der Waals surface area contributed by atoms with Gasteiger partial charge >= 0.3 is 0 Å². The van der Waals surface area contributed by atoms with E-state index in [9.17, 15) is 0 Å². The third kappa shape index (κ3) is 3.76. The van der Waals surface area contributed by atoms with Gasteiger partial charge in [-0.2, -0.15) is 0 Å². The first-order valence-electron chi connectivity index (χ1n) is 10.4. The van der Waals surface area contributed by atoms with Crippen molar-refractivity contribution < 1.29 is 0 Å². The van der Waals surface area contributed by atoms with Crippen LogP contribution in [0.25, 0.3) is 10.7 Å². The predicted octanol–water partition coefficient (Wildman–Crippen LogP) is 5.07. The Kier molecular flexibility index (Phi) is 5.54. The molecule has 3 aromatic rings. The highest BCUT2D eigenvalue weighted by atomic mass is 79.9. The first-order valence-corrected chi connectivity index (χ1v) is 13.0. The van der Waals surface area contributed by atoms with E-state index in [1.165, 1.54) is 42.5 Å². The Labute approximate surface area is 194 Å². The topological polar surface area (TPSA) is 46.8 Å². The smallest absolute Gasteiger partial charge is 0.191 e. The van der Waals surface area contributed by atoms with Crippen LogP contribution in [0.4, 0.5) is 0 Å². The van der Waals surface area contributed by atoms with Crippen molar-refractivity contribution in [2.24, 2.45) is 13.0 Å². The summed E-state index contributed by atoms with van der Waals surface area (Å²) < 4.78 is 3.28. The molecule has 5 nitrogen and oxygen atoms in total. The third-order valence-corrected chi connectivity index (χ3v) is 9.13. The number of thiazole rings is 1. The van der Waals surface area contributed by atoms with Crippen LogP contribution in [0.15, 0.2) is 33.9 Å². The summed E-state index contributed by atoms with van der Waals surface area (Å²) in [5.41, 5.74) is 2.99. The minimum absolute atomic E-state index is 0.428. The number of piperidine rings is 1. The number of benzene rings is 1. The maximum Gasteiger partial charge on any atom is 0.191 e. The normalized spacial score (nSPS) is 23.1. The number of likely N-dealkylation sites (tertiary alicyclic amines) is 1. The Balaban J connectivity index is 1.13. The van der Waals surface area contributed by atoms with Crippen molar-refractivity contribution in [3.63, 3.8) is 0 Å². The van der Waals surface area contributed by atoms with Crippen molar-refractivity contribution in [1.82, 2.24) is 24.6 Å². The zero-order valence-electron chi connectivity index (χ0n) is 17.6. The Morgan fingerprint density at radius 3 is 2.77 bits per heavy atom. The Morgan fingerprint density at radius 1 is 1.23 bits per heavy atom. The molecule has 5 rings (SSSR count). The van der Waals surface area contributed by atoms with Gasteiger partial charge in [-0.05, 0) is 56.8 Å². The highest BCUT2D eigenvalue weighted by Gasteiger charge is 2.60. The minimum Gasteiger partial charge on any atom is -0.304 e. The summed E-state index contributed by atoms with van der Waals surface area (Å²) in [5, 5.41) is 10.9. The average Bonchev–Trinajstić information content (AvgIpc) is 2.97. The minimum atomic E-state index is 0.428. The van der Waals surface area contributed by atoms with Crippen molar-refractivity contribution in [1.29, 1.82) is 0 Å². The van der Waals surface area contributed by atoms with E-state index in [-0.39, 0.29) is 0 Å². The molecule has 3 heterocycles. The van der Waals surface area contributed by atoms with E-state index in [0.717, 1.165) is 38.2 Å². The molecule has 2 fully saturated rings. The first-order chi connectivity index (χ1) is 14.5. The summed E-state index contributed by atoms with van der Waals surface area (Å²) in [6.45, 7) is 7.71. The van der Waals surface area contributed by atoms with E-state index in [0.29, 0.717) is 5.41 Å². The molecular formula is C22H26BrN5S2. The Hall–Kier alpha value is -1.22. The lowest BCUT2D eigenvalue weighted by atomic mass is 9.95. The standard InChI is InChI=1S/C22H26BrN5S2/c1-14-19(30-15(2)24-14)20-25-26-21(27(20)3)29-10-4-9-28-12-17-11-22(17,13-28)16-5-7-18(23)8-6-16/h5-8,17H,4,9-13H2,1-3H3/t17-,22-/m1/s1. The van der Waals surface area contributed by atoms with Gasteiger partial charge in [-0.15, -0.1) is 21.5 Å². The van der Waals surface area contributed by atoms with Crippen LogP contribution in [0.5, 0.6) is 0 Å². The number of rotatable bonds is 7. The second kappa shape index (κ2) is 8.04. The van der Waals surface area contributed by atoms with Crippen LogP contribution in [0.3, 0.4) is 0 Å². The molecule has 1 aliphatic carbocycles. The van der Waals surface area contributed by atoms with Crippen LogP contribution in [-0.2, 0) is 12.5 Å². The fraction of sp³-hybridized carbons (Fsp3) is 0.500. The second-order valence-electron chi connectivity index (χ2n) is 8.51. The van der Waals surface area contributed by atoms with Crippen LogP contribution in [0.2, 0.25) is 0 Å². The largest absolute Gasteiger partial charge is 0.304 e. The van der Waals surface area contributed by atoms with Crippen molar-refractivity contribution >= 4 is 39.0 Å². The fourth-order valence-corrected chi connectivity index (χ4v) is 6.85. The SMILES string of the molecule is Cc1nc(C)c(-c2nnc(SCCCN3C[C@H]4C[C@]4(c4ccc(Br)cc4)C3)n2C)s1. The first kappa shape index (κ1) is 20.7. The molecule has 2 atom stereocenters. The van der Waals surface area contributed by atoms with Gasteiger partial charge in [0.2, 0.25) is 0 Å². The number of hydrogen-bond acceptors (Lipinski definition) is 6. The summed E-state index contributed by atoms with van der Waals surface area (Å²) in [6, 6.07) is 8.98. The molecule has 1 aromatic carbocycles. The van der Waals surface area contributed by atoms with Gasteiger partial charge in [0, 0.05) is 35.8 Å². The van der Waals surface area contributed by atoms with Gasteiger partial charge in [0.1, 0.15) is 0 Å². The number of aryl methyl sites for hydroxylation is 2. The number of aromatic nitrogens is 4. The van der Waals surface area contributed by atoms with Gasteiger partial charge in [0.15, 0.2) is 11.0 Å². The molecule has 158 valence electrons. The van der Waals surface area contributed by atoms with E-state index in [1.54, 1.807) is 11.3 Å². The molecule has 8 heteroatoms. The van der Waals surface area contributed by atoms with Crippen LogP contribution >= 0.6 is 39.0 Å². The maximum atomic E-state index is 4.52. The molecule has 0 unspecified atom stereocenters. The summed E-state index contributed by atoms with van der Waals surface area (Å²) in [4.78, 5) is 8.31. The molecule has 2 aromatic heterocycles. The quantitative estimate of drug-likeness (QED) is 0.332. The van der Waals surface area contributed by atoms with Crippen molar-refractivity contribution in [3.8, 4) is 10.7 Å². The number of fused-ring (bicyclic) bond motifs is 1. The molecule has 1 saturated carbocycles. The number of nitrogens with zero attached hydrogens (tertiary/aromatic N) is 5. The van der Waals surface area contributed by atoms with E-state index in [4.69, 9.17) is 0 Å². The van der Waals surface area contributed by atoms with Crippen LogP contribution < -0.4 is 0 Å². The average molecular weight is 505 g/mol. The molecule has 2 aliphatic rings. The summed E-state index contributed by atoms with van der Waals surface area (Å²) in [6.07, 6.45) is 2.53. The summed E-state index contributed by atoms with van der Waals surface area (Å²) in [7, 11) is 2.06. The zero-order valence-corrected chi connectivity index (χ0v) is 20.8. The number of thioether (sulfide) groups is 1. The molecule has 1 saturated heterocycles. The molecule has 0 radical (unpaired) electrons.